The van der Waals surface area contributed by atoms with E-state index in [1.54, 1.807) is 22.1 Å². The molecule has 0 saturated carbocycles. The number of fused-ring (bicyclic) bond motifs is 1. The van der Waals surface area contributed by atoms with Crippen LogP contribution < -0.4 is 0 Å². The molecule has 2 aromatic carbocycles. The third-order valence-electron chi connectivity index (χ3n) is 3.86. The van der Waals surface area contributed by atoms with Gasteiger partial charge < -0.3 is 4.74 Å². The molecule has 0 amide bonds. The van der Waals surface area contributed by atoms with Crippen molar-refractivity contribution in [3.05, 3.63) is 71.7 Å². The Balaban J connectivity index is 1.93. The van der Waals surface area contributed by atoms with Crippen LogP contribution in [0.1, 0.15) is 10.5 Å². The molecule has 0 N–H and O–H groups in total. The van der Waals surface area contributed by atoms with Gasteiger partial charge in [0.25, 0.3) is 0 Å². The third-order valence-corrected chi connectivity index (χ3v) is 4.82. The molecule has 0 aliphatic carbocycles. The first kappa shape index (κ1) is 14.7. The van der Waals surface area contributed by atoms with Crippen molar-refractivity contribution in [3.8, 4) is 16.9 Å². The van der Waals surface area contributed by atoms with E-state index in [0.29, 0.717) is 5.69 Å². The molecule has 4 nitrogen and oxygen atoms in total. The molecule has 5 heteroatoms. The second kappa shape index (κ2) is 5.94. The van der Waals surface area contributed by atoms with Gasteiger partial charge in [-0.2, -0.15) is 5.10 Å². The Hall–Kier alpha value is -2.92. The molecule has 2 heterocycles. The highest BCUT2D eigenvalue weighted by Crippen LogP contribution is 2.32. The number of hydrogen-bond acceptors (Lipinski definition) is 4. The highest BCUT2D eigenvalue weighted by atomic mass is 32.1. The average molecular weight is 334 g/mol. The van der Waals surface area contributed by atoms with E-state index in [9.17, 15) is 4.79 Å². The molecule has 0 aliphatic heterocycles. The lowest BCUT2D eigenvalue weighted by Gasteiger charge is -2.05. The molecule has 24 heavy (non-hydrogen) atoms. The van der Waals surface area contributed by atoms with Crippen LogP contribution in [0.25, 0.3) is 27.0 Å². The molecule has 0 atom stereocenters. The summed E-state index contributed by atoms with van der Waals surface area (Å²) in [7, 11) is 1.38. The summed E-state index contributed by atoms with van der Waals surface area (Å²) < 4.78 is 7.71. The van der Waals surface area contributed by atoms with Crippen LogP contribution in [-0.2, 0) is 4.74 Å². The van der Waals surface area contributed by atoms with Crippen molar-refractivity contribution in [2.24, 2.45) is 0 Å². The maximum atomic E-state index is 12.2. The molecule has 118 valence electrons. The molecule has 0 spiro atoms. The summed E-state index contributed by atoms with van der Waals surface area (Å²) in [6, 6.07) is 19.6. The molecule has 0 aliphatic rings. The molecule has 4 rings (SSSR count). The van der Waals surface area contributed by atoms with Crippen molar-refractivity contribution in [1.82, 2.24) is 9.78 Å². The smallest absolute Gasteiger partial charge is 0.356 e. The molecule has 0 bridgehead atoms. The van der Waals surface area contributed by atoms with Gasteiger partial charge in [-0.3, -0.25) is 0 Å². The minimum atomic E-state index is -0.407. The summed E-state index contributed by atoms with van der Waals surface area (Å²) in [6.45, 7) is 0. The van der Waals surface area contributed by atoms with Crippen LogP contribution >= 0.6 is 11.3 Å². The Bertz CT molecular complexity index is 1020. The molecule has 0 fully saturated rings. The highest BCUT2D eigenvalue weighted by molar-refractivity contribution is 7.17. The minimum Gasteiger partial charge on any atom is -0.464 e. The van der Waals surface area contributed by atoms with E-state index in [0.717, 1.165) is 21.6 Å². The highest BCUT2D eigenvalue weighted by Gasteiger charge is 2.19. The van der Waals surface area contributed by atoms with Crippen molar-refractivity contribution in [2.45, 2.75) is 0 Å². The Morgan fingerprint density at radius 3 is 2.71 bits per heavy atom. The van der Waals surface area contributed by atoms with E-state index in [4.69, 9.17) is 4.74 Å². The van der Waals surface area contributed by atoms with Gasteiger partial charge in [-0.1, -0.05) is 36.4 Å². The fraction of sp³-hybridized carbons (Fsp3) is 0.0526. The van der Waals surface area contributed by atoms with Crippen LogP contribution in [-0.4, -0.2) is 22.9 Å². The van der Waals surface area contributed by atoms with E-state index in [1.807, 2.05) is 42.5 Å². The zero-order valence-corrected chi connectivity index (χ0v) is 13.8. The number of carbonyl (C=O) groups excluding carboxylic acids is 1. The topological polar surface area (TPSA) is 44.1 Å². The number of thiophene rings is 1. The van der Waals surface area contributed by atoms with Gasteiger partial charge in [-0.05, 0) is 35.0 Å². The monoisotopic (exact) mass is 334 g/mol. The average Bonchev–Trinajstić information content (AvgIpc) is 3.28. The molecule has 0 saturated heterocycles. The Kier molecular flexibility index (Phi) is 3.63. The van der Waals surface area contributed by atoms with Gasteiger partial charge in [-0.15, -0.1) is 11.3 Å². The van der Waals surface area contributed by atoms with E-state index in [2.05, 4.69) is 22.6 Å². The van der Waals surface area contributed by atoms with Gasteiger partial charge in [0.1, 0.15) is 0 Å². The van der Waals surface area contributed by atoms with Crippen LogP contribution in [0.15, 0.2) is 66.0 Å². The number of aromatic nitrogens is 2. The van der Waals surface area contributed by atoms with Gasteiger partial charge in [0, 0.05) is 10.3 Å². The summed E-state index contributed by atoms with van der Waals surface area (Å²) in [4.78, 5) is 12.2. The van der Waals surface area contributed by atoms with E-state index >= 15 is 0 Å². The Morgan fingerprint density at radius 2 is 1.92 bits per heavy atom. The number of benzene rings is 2. The Morgan fingerprint density at radius 1 is 1.08 bits per heavy atom. The standard InChI is InChI=1S/C19H14N2O2S/c1-23-19(22)17-12-16(20-21(17)14-7-3-2-4-8-14)15-9-5-6-13-10-11-24-18(13)15/h2-12H,1H3. The van der Waals surface area contributed by atoms with E-state index < -0.39 is 5.97 Å². The molecular weight excluding hydrogens is 320 g/mol. The number of hydrogen-bond donors (Lipinski definition) is 0. The van der Waals surface area contributed by atoms with Crippen LogP contribution in [0.5, 0.6) is 0 Å². The lowest BCUT2D eigenvalue weighted by atomic mass is 10.1. The minimum absolute atomic E-state index is 0.407. The van der Waals surface area contributed by atoms with Crippen molar-refractivity contribution in [3.63, 3.8) is 0 Å². The van der Waals surface area contributed by atoms with Crippen molar-refractivity contribution < 1.29 is 9.53 Å². The second-order valence-corrected chi connectivity index (χ2v) is 6.21. The lowest BCUT2D eigenvalue weighted by Crippen LogP contribution is -2.09. The van der Waals surface area contributed by atoms with Crippen molar-refractivity contribution in [2.75, 3.05) is 7.11 Å². The number of methoxy groups -OCH3 is 1. The number of esters is 1. The predicted octanol–water partition coefficient (Wildman–Crippen LogP) is 4.54. The predicted molar refractivity (Wildman–Crippen MR) is 95.7 cm³/mol. The Labute approximate surface area is 142 Å². The van der Waals surface area contributed by atoms with Gasteiger partial charge in [0.2, 0.25) is 0 Å². The number of ether oxygens (including phenoxy) is 1. The van der Waals surface area contributed by atoms with Crippen molar-refractivity contribution in [1.29, 1.82) is 0 Å². The normalized spacial score (nSPS) is 10.9. The van der Waals surface area contributed by atoms with Crippen LogP contribution in [0.2, 0.25) is 0 Å². The fourth-order valence-electron chi connectivity index (χ4n) is 2.72. The first-order chi connectivity index (χ1) is 11.8. The van der Waals surface area contributed by atoms with E-state index in [-0.39, 0.29) is 0 Å². The summed E-state index contributed by atoms with van der Waals surface area (Å²) in [5, 5.41) is 7.90. The summed E-state index contributed by atoms with van der Waals surface area (Å²) in [6.07, 6.45) is 0. The first-order valence-electron chi connectivity index (χ1n) is 7.48. The second-order valence-electron chi connectivity index (χ2n) is 5.30. The van der Waals surface area contributed by atoms with Crippen molar-refractivity contribution >= 4 is 27.4 Å². The molecule has 0 radical (unpaired) electrons. The van der Waals surface area contributed by atoms with Gasteiger partial charge >= 0.3 is 5.97 Å². The number of nitrogens with zero attached hydrogens (tertiary/aromatic N) is 2. The quantitative estimate of drug-likeness (QED) is 0.517. The van der Waals surface area contributed by atoms with E-state index in [1.165, 1.54) is 12.5 Å². The van der Waals surface area contributed by atoms with Crippen LogP contribution in [0.4, 0.5) is 0 Å². The summed E-state index contributed by atoms with van der Waals surface area (Å²) >= 11 is 1.67. The first-order valence-corrected chi connectivity index (χ1v) is 8.36. The summed E-state index contributed by atoms with van der Waals surface area (Å²) in [5.41, 5.74) is 3.00. The number of carbonyl (C=O) groups is 1. The third kappa shape index (κ3) is 2.39. The number of para-hydroxylation sites is 1. The van der Waals surface area contributed by atoms with Gasteiger partial charge in [0.05, 0.1) is 18.5 Å². The molecule has 2 aromatic heterocycles. The van der Waals surface area contributed by atoms with Gasteiger partial charge in [-0.25, -0.2) is 9.48 Å². The number of rotatable bonds is 3. The summed E-state index contributed by atoms with van der Waals surface area (Å²) in [5.74, 6) is -0.407. The maximum Gasteiger partial charge on any atom is 0.356 e. The zero-order valence-electron chi connectivity index (χ0n) is 13.0. The SMILES string of the molecule is COC(=O)c1cc(-c2cccc3ccsc23)nn1-c1ccccc1. The lowest BCUT2D eigenvalue weighted by molar-refractivity contribution is 0.0590. The zero-order chi connectivity index (χ0) is 16.5. The van der Waals surface area contributed by atoms with Crippen LogP contribution in [0.3, 0.4) is 0 Å². The largest absolute Gasteiger partial charge is 0.464 e. The fourth-order valence-corrected chi connectivity index (χ4v) is 3.65. The molecular formula is C19H14N2O2S. The van der Waals surface area contributed by atoms with Crippen LogP contribution in [0, 0.1) is 0 Å². The maximum absolute atomic E-state index is 12.2. The van der Waals surface area contributed by atoms with Gasteiger partial charge in [0.15, 0.2) is 5.69 Å². The molecule has 0 unspecified atom stereocenters. The molecule has 4 aromatic rings.